The van der Waals surface area contributed by atoms with Gasteiger partial charge in [0.15, 0.2) is 0 Å². The van der Waals surface area contributed by atoms with Gasteiger partial charge in [-0.2, -0.15) is 11.8 Å². The number of carbonyl (C=O) groups excluding carboxylic acids is 1. The quantitative estimate of drug-likeness (QED) is 0.752. The van der Waals surface area contributed by atoms with E-state index < -0.39 is 0 Å². The number of hydrogen-bond donors (Lipinski definition) is 2. The zero-order valence-electron chi connectivity index (χ0n) is 9.29. The van der Waals surface area contributed by atoms with Gasteiger partial charge in [-0.1, -0.05) is 6.92 Å². The van der Waals surface area contributed by atoms with E-state index in [9.17, 15) is 4.79 Å². The van der Waals surface area contributed by atoms with E-state index in [2.05, 4.69) is 17.6 Å². The Kier molecular flexibility index (Phi) is 3.92. The fraction of sp³-hybridized carbons (Fsp3) is 0.909. The fourth-order valence-electron chi connectivity index (χ4n) is 2.07. The van der Waals surface area contributed by atoms with Gasteiger partial charge in [0.1, 0.15) is 0 Å². The summed E-state index contributed by atoms with van der Waals surface area (Å²) in [6.07, 6.45) is 2.41. The molecular weight excluding hydrogens is 208 g/mol. The predicted molar refractivity (Wildman–Crippen MR) is 64.0 cm³/mol. The van der Waals surface area contributed by atoms with Crippen molar-refractivity contribution >= 4 is 17.7 Å². The molecule has 0 aromatic carbocycles. The second-order valence-corrected chi connectivity index (χ2v) is 5.78. The minimum Gasteiger partial charge on any atom is -0.352 e. The molecule has 0 aromatic rings. The number of nitrogens with one attached hydrogen (secondary N) is 2. The van der Waals surface area contributed by atoms with Crippen molar-refractivity contribution in [1.82, 2.24) is 10.6 Å². The highest BCUT2D eigenvalue weighted by Crippen LogP contribution is 2.19. The van der Waals surface area contributed by atoms with E-state index in [1.165, 1.54) is 12.2 Å². The summed E-state index contributed by atoms with van der Waals surface area (Å²) in [5, 5.41) is 6.40. The molecular formula is C11H20N2OS. The monoisotopic (exact) mass is 228 g/mol. The molecule has 2 aliphatic rings. The van der Waals surface area contributed by atoms with Gasteiger partial charge in [-0.15, -0.1) is 0 Å². The first kappa shape index (κ1) is 11.3. The summed E-state index contributed by atoms with van der Waals surface area (Å²) in [7, 11) is 0. The first-order valence-corrected chi connectivity index (χ1v) is 7.01. The first-order chi connectivity index (χ1) is 7.27. The maximum absolute atomic E-state index is 11.9. The Labute approximate surface area is 95.8 Å². The van der Waals surface area contributed by atoms with Crippen LogP contribution in [0, 0.1) is 11.8 Å². The molecule has 15 heavy (non-hydrogen) atoms. The van der Waals surface area contributed by atoms with Crippen LogP contribution in [0.15, 0.2) is 0 Å². The highest BCUT2D eigenvalue weighted by molar-refractivity contribution is 7.99. The van der Waals surface area contributed by atoms with Crippen molar-refractivity contribution in [2.45, 2.75) is 25.8 Å². The average molecular weight is 228 g/mol. The predicted octanol–water partition coefficient (Wildman–Crippen LogP) is 0.854. The molecule has 2 N–H and O–H groups in total. The Bertz CT molecular complexity index is 225. The normalized spacial score (nSPS) is 29.3. The fourth-order valence-corrected chi connectivity index (χ4v) is 3.14. The number of hydrogen-bond acceptors (Lipinski definition) is 3. The van der Waals surface area contributed by atoms with Gasteiger partial charge in [0.05, 0.1) is 0 Å². The Morgan fingerprint density at radius 1 is 1.53 bits per heavy atom. The molecule has 2 atom stereocenters. The van der Waals surface area contributed by atoms with Crippen LogP contribution in [-0.4, -0.2) is 36.5 Å². The lowest BCUT2D eigenvalue weighted by atomic mass is 9.88. The SMILES string of the molecule is CC(C(=O)NC1CCCSC1)C1CNC1. The van der Waals surface area contributed by atoms with Crippen LogP contribution < -0.4 is 10.6 Å². The lowest BCUT2D eigenvalue weighted by Crippen LogP contribution is -2.51. The highest BCUT2D eigenvalue weighted by Gasteiger charge is 2.29. The summed E-state index contributed by atoms with van der Waals surface area (Å²) in [4.78, 5) is 11.9. The first-order valence-electron chi connectivity index (χ1n) is 5.86. The summed E-state index contributed by atoms with van der Waals surface area (Å²) < 4.78 is 0. The summed E-state index contributed by atoms with van der Waals surface area (Å²) in [6, 6.07) is 0.423. The van der Waals surface area contributed by atoms with E-state index in [0.29, 0.717) is 12.0 Å². The molecule has 0 radical (unpaired) electrons. The molecule has 3 nitrogen and oxygen atoms in total. The van der Waals surface area contributed by atoms with Crippen molar-refractivity contribution in [3.8, 4) is 0 Å². The van der Waals surface area contributed by atoms with Crippen molar-refractivity contribution in [2.75, 3.05) is 24.6 Å². The maximum atomic E-state index is 11.9. The van der Waals surface area contributed by atoms with Crippen LogP contribution in [0.5, 0.6) is 0 Å². The van der Waals surface area contributed by atoms with E-state index in [0.717, 1.165) is 25.3 Å². The van der Waals surface area contributed by atoms with E-state index in [4.69, 9.17) is 0 Å². The molecule has 0 aliphatic carbocycles. The van der Waals surface area contributed by atoms with Gasteiger partial charge < -0.3 is 10.6 Å². The molecule has 2 heterocycles. The minimum atomic E-state index is 0.179. The molecule has 2 unspecified atom stereocenters. The maximum Gasteiger partial charge on any atom is 0.223 e. The molecule has 1 amide bonds. The highest BCUT2D eigenvalue weighted by atomic mass is 32.2. The standard InChI is InChI=1S/C11H20N2OS/c1-8(9-5-12-6-9)11(14)13-10-3-2-4-15-7-10/h8-10,12H,2-7H2,1H3,(H,13,14). The third-order valence-corrected chi connectivity index (χ3v) is 4.66. The molecule has 0 bridgehead atoms. The van der Waals surface area contributed by atoms with Crippen LogP contribution in [0.3, 0.4) is 0 Å². The molecule has 86 valence electrons. The van der Waals surface area contributed by atoms with Gasteiger partial charge in [-0.25, -0.2) is 0 Å². The van der Waals surface area contributed by atoms with Gasteiger partial charge in [-0.3, -0.25) is 4.79 Å². The summed E-state index contributed by atoms with van der Waals surface area (Å²) in [5.41, 5.74) is 0. The van der Waals surface area contributed by atoms with Crippen molar-refractivity contribution in [3.05, 3.63) is 0 Å². The molecule has 2 fully saturated rings. The third kappa shape index (κ3) is 2.88. The molecule has 2 rings (SSSR count). The largest absolute Gasteiger partial charge is 0.352 e. The van der Waals surface area contributed by atoms with Gasteiger partial charge in [0, 0.05) is 17.7 Å². The molecule has 0 aromatic heterocycles. The Balaban J connectivity index is 1.74. The van der Waals surface area contributed by atoms with Crippen molar-refractivity contribution in [1.29, 1.82) is 0 Å². The zero-order chi connectivity index (χ0) is 10.7. The van der Waals surface area contributed by atoms with E-state index in [-0.39, 0.29) is 11.8 Å². The molecule has 4 heteroatoms. The lowest BCUT2D eigenvalue weighted by Gasteiger charge is -2.33. The summed E-state index contributed by atoms with van der Waals surface area (Å²) in [6.45, 7) is 4.07. The second-order valence-electron chi connectivity index (χ2n) is 4.63. The van der Waals surface area contributed by atoms with E-state index in [1.54, 1.807) is 0 Å². The van der Waals surface area contributed by atoms with Gasteiger partial charge >= 0.3 is 0 Å². The molecule has 2 aliphatic heterocycles. The number of thioether (sulfide) groups is 1. The van der Waals surface area contributed by atoms with E-state index >= 15 is 0 Å². The van der Waals surface area contributed by atoms with Crippen molar-refractivity contribution in [3.63, 3.8) is 0 Å². The van der Waals surface area contributed by atoms with Crippen molar-refractivity contribution in [2.24, 2.45) is 11.8 Å². The Morgan fingerprint density at radius 2 is 2.33 bits per heavy atom. The Hall–Kier alpha value is -0.220. The van der Waals surface area contributed by atoms with Crippen LogP contribution in [0.4, 0.5) is 0 Å². The molecule has 0 spiro atoms. The van der Waals surface area contributed by atoms with Crippen molar-refractivity contribution < 1.29 is 4.79 Å². The van der Waals surface area contributed by atoms with Crippen LogP contribution in [0.1, 0.15) is 19.8 Å². The number of carbonyl (C=O) groups is 1. The third-order valence-electron chi connectivity index (χ3n) is 3.44. The van der Waals surface area contributed by atoms with Crippen LogP contribution in [-0.2, 0) is 4.79 Å². The zero-order valence-corrected chi connectivity index (χ0v) is 10.1. The lowest BCUT2D eigenvalue weighted by molar-refractivity contribution is -0.127. The van der Waals surface area contributed by atoms with Crippen LogP contribution in [0.25, 0.3) is 0 Å². The minimum absolute atomic E-state index is 0.179. The smallest absolute Gasteiger partial charge is 0.223 e. The van der Waals surface area contributed by atoms with E-state index in [1.807, 2.05) is 11.8 Å². The van der Waals surface area contributed by atoms with Gasteiger partial charge in [0.25, 0.3) is 0 Å². The van der Waals surface area contributed by atoms with Crippen LogP contribution >= 0.6 is 11.8 Å². The average Bonchev–Trinajstić information content (AvgIpc) is 2.16. The summed E-state index contributed by atoms with van der Waals surface area (Å²) in [5.74, 6) is 3.35. The number of amides is 1. The Morgan fingerprint density at radius 3 is 2.87 bits per heavy atom. The second kappa shape index (κ2) is 5.21. The van der Waals surface area contributed by atoms with Gasteiger partial charge in [-0.05, 0) is 37.6 Å². The summed E-state index contributed by atoms with van der Waals surface area (Å²) >= 11 is 1.96. The molecule has 2 saturated heterocycles. The number of rotatable bonds is 3. The van der Waals surface area contributed by atoms with Gasteiger partial charge in [0.2, 0.25) is 5.91 Å². The molecule has 0 saturated carbocycles. The van der Waals surface area contributed by atoms with Crippen LogP contribution in [0.2, 0.25) is 0 Å². The topological polar surface area (TPSA) is 41.1 Å².